The first-order valence-corrected chi connectivity index (χ1v) is 5.62. The van der Waals surface area contributed by atoms with Crippen molar-refractivity contribution >= 4 is 17.3 Å². The Bertz CT molecular complexity index is 529. The smallest absolute Gasteiger partial charge is 0.138 e. The van der Waals surface area contributed by atoms with Crippen LogP contribution in [0.3, 0.4) is 0 Å². The SMILES string of the molecule is Cc1ccc(OCc2cc(N)ccn2)c(Cl)c1. The van der Waals surface area contributed by atoms with Gasteiger partial charge in [-0.05, 0) is 36.8 Å². The molecule has 0 fully saturated rings. The third kappa shape index (κ3) is 3.11. The Labute approximate surface area is 105 Å². The molecular formula is C13H13ClN2O. The molecule has 0 saturated heterocycles. The van der Waals surface area contributed by atoms with Gasteiger partial charge in [0, 0.05) is 11.9 Å². The number of benzene rings is 1. The summed E-state index contributed by atoms with van der Waals surface area (Å²) in [5.74, 6) is 0.654. The molecule has 1 aromatic carbocycles. The van der Waals surface area contributed by atoms with Gasteiger partial charge < -0.3 is 10.5 Å². The molecule has 3 nitrogen and oxygen atoms in total. The number of nitrogens with zero attached hydrogens (tertiary/aromatic N) is 1. The van der Waals surface area contributed by atoms with Crippen LogP contribution in [0, 0.1) is 6.92 Å². The van der Waals surface area contributed by atoms with Crippen molar-refractivity contribution in [2.75, 3.05) is 5.73 Å². The monoisotopic (exact) mass is 248 g/mol. The lowest BCUT2D eigenvalue weighted by atomic mass is 10.2. The Morgan fingerprint density at radius 1 is 1.29 bits per heavy atom. The minimum absolute atomic E-state index is 0.355. The minimum atomic E-state index is 0.355. The summed E-state index contributed by atoms with van der Waals surface area (Å²) in [6.45, 7) is 2.34. The van der Waals surface area contributed by atoms with Crippen LogP contribution in [-0.4, -0.2) is 4.98 Å². The summed E-state index contributed by atoms with van der Waals surface area (Å²) < 4.78 is 5.58. The molecule has 0 radical (unpaired) electrons. The number of nitrogen functional groups attached to an aromatic ring is 1. The number of aryl methyl sites for hydroxylation is 1. The lowest BCUT2D eigenvalue weighted by Gasteiger charge is -2.08. The van der Waals surface area contributed by atoms with Crippen LogP contribution in [0.25, 0.3) is 0 Å². The lowest BCUT2D eigenvalue weighted by Crippen LogP contribution is -1.99. The fraction of sp³-hybridized carbons (Fsp3) is 0.154. The number of anilines is 1. The lowest BCUT2D eigenvalue weighted by molar-refractivity contribution is 0.301. The maximum Gasteiger partial charge on any atom is 0.138 e. The second-order valence-corrected chi connectivity index (χ2v) is 4.21. The van der Waals surface area contributed by atoms with Crippen molar-refractivity contribution in [1.29, 1.82) is 0 Å². The largest absolute Gasteiger partial charge is 0.486 e. The molecule has 4 heteroatoms. The number of ether oxygens (including phenoxy) is 1. The number of pyridine rings is 1. The van der Waals surface area contributed by atoms with Gasteiger partial charge in [0.1, 0.15) is 12.4 Å². The van der Waals surface area contributed by atoms with Gasteiger partial charge in [0.15, 0.2) is 0 Å². The fourth-order valence-electron chi connectivity index (χ4n) is 1.45. The highest BCUT2D eigenvalue weighted by Gasteiger charge is 2.02. The van der Waals surface area contributed by atoms with Gasteiger partial charge >= 0.3 is 0 Å². The Morgan fingerprint density at radius 2 is 2.12 bits per heavy atom. The number of rotatable bonds is 3. The first kappa shape index (κ1) is 11.7. The van der Waals surface area contributed by atoms with Crippen LogP contribution in [0.2, 0.25) is 5.02 Å². The molecule has 0 amide bonds. The van der Waals surface area contributed by atoms with Gasteiger partial charge in [-0.25, -0.2) is 0 Å². The quantitative estimate of drug-likeness (QED) is 0.907. The molecule has 2 rings (SSSR count). The van der Waals surface area contributed by atoms with E-state index in [0.717, 1.165) is 11.3 Å². The summed E-state index contributed by atoms with van der Waals surface area (Å²) in [7, 11) is 0. The van der Waals surface area contributed by atoms with Gasteiger partial charge in [0.2, 0.25) is 0 Å². The highest BCUT2D eigenvalue weighted by molar-refractivity contribution is 6.32. The normalized spacial score (nSPS) is 10.2. The van der Waals surface area contributed by atoms with Gasteiger partial charge in [-0.2, -0.15) is 0 Å². The first-order chi connectivity index (χ1) is 8.15. The molecule has 2 N–H and O–H groups in total. The van der Waals surface area contributed by atoms with Crippen molar-refractivity contribution < 1.29 is 4.74 Å². The number of hydrogen-bond acceptors (Lipinski definition) is 3. The summed E-state index contributed by atoms with van der Waals surface area (Å²) in [4.78, 5) is 4.15. The number of aromatic nitrogens is 1. The Hall–Kier alpha value is -1.74. The number of nitrogens with two attached hydrogens (primary N) is 1. The van der Waals surface area contributed by atoms with Crippen LogP contribution >= 0.6 is 11.6 Å². The molecule has 1 heterocycles. The van der Waals surface area contributed by atoms with E-state index in [2.05, 4.69) is 4.98 Å². The van der Waals surface area contributed by atoms with Crippen molar-refractivity contribution in [1.82, 2.24) is 4.98 Å². The van der Waals surface area contributed by atoms with E-state index in [-0.39, 0.29) is 0 Å². The highest BCUT2D eigenvalue weighted by atomic mass is 35.5. The molecule has 0 spiro atoms. The maximum absolute atomic E-state index is 6.06. The van der Waals surface area contributed by atoms with E-state index in [1.807, 2.05) is 25.1 Å². The van der Waals surface area contributed by atoms with Gasteiger partial charge in [-0.1, -0.05) is 17.7 Å². The van der Waals surface area contributed by atoms with Gasteiger partial charge in [-0.3, -0.25) is 4.98 Å². The van der Waals surface area contributed by atoms with E-state index < -0.39 is 0 Å². The third-order valence-electron chi connectivity index (χ3n) is 2.30. The molecule has 0 bridgehead atoms. The molecule has 17 heavy (non-hydrogen) atoms. The van der Waals surface area contributed by atoms with Crippen LogP contribution in [0.5, 0.6) is 5.75 Å². The molecule has 88 valence electrons. The van der Waals surface area contributed by atoms with Gasteiger partial charge in [0.05, 0.1) is 10.7 Å². The average Bonchev–Trinajstić information content (AvgIpc) is 2.28. The predicted molar refractivity (Wildman–Crippen MR) is 69.2 cm³/mol. The molecule has 2 aromatic rings. The second kappa shape index (κ2) is 5.06. The number of halogens is 1. The van der Waals surface area contributed by atoms with E-state index in [1.165, 1.54) is 0 Å². The van der Waals surface area contributed by atoms with Crippen molar-refractivity contribution in [2.45, 2.75) is 13.5 Å². The summed E-state index contributed by atoms with van der Waals surface area (Å²) in [6, 6.07) is 9.19. The van der Waals surface area contributed by atoms with E-state index in [1.54, 1.807) is 18.3 Å². The van der Waals surface area contributed by atoms with E-state index in [9.17, 15) is 0 Å². The van der Waals surface area contributed by atoms with Crippen LogP contribution in [0.1, 0.15) is 11.3 Å². The summed E-state index contributed by atoms with van der Waals surface area (Å²) >= 11 is 6.06. The summed E-state index contributed by atoms with van der Waals surface area (Å²) in [5, 5.41) is 0.605. The Morgan fingerprint density at radius 3 is 2.82 bits per heavy atom. The topological polar surface area (TPSA) is 48.1 Å². The molecule has 1 aromatic heterocycles. The first-order valence-electron chi connectivity index (χ1n) is 5.24. The van der Waals surface area contributed by atoms with E-state index >= 15 is 0 Å². The maximum atomic E-state index is 6.06. The number of hydrogen-bond donors (Lipinski definition) is 1. The molecule has 0 aliphatic rings. The fourth-order valence-corrected chi connectivity index (χ4v) is 1.74. The van der Waals surface area contributed by atoms with E-state index in [0.29, 0.717) is 23.1 Å². The zero-order valence-electron chi connectivity index (χ0n) is 9.48. The summed E-state index contributed by atoms with van der Waals surface area (Å²) in [6.07, 6.45) is 1.66. The van der Waals surface area contributed by atoms with Crippen LogP contribution < -0.4 is 10.5 Å². The minimum Gasteiger partial charge on any atom is -0.486 e. The Kier molecular flexibility index (Phi) is 3.49. The highest BCUT2D eigenvalue weighted by Crippen LogP contribution is 2.25. The van der Waals surface area contributed by atoms with E-state index in [4.69, 9.17) is 22.1 Å². The zero-order valence-corrected chi connectivity index (χ0v) is 10.2. The molecule has 0 aliphatic heterocycles. The van der Waals surface area contributed by atoms with Crippen molar-refractivity contribution in [3.63, 3.8) is 0 Å². The van der Waals surface area contributed by atoms with Gasteiger partial charge in [0.25, 0.3) is 0 Å². The standard InChI is InChI=1S/C13H13ClN2O/c1-9-2-3-13(12(14)6-9)17-8-11-7-10(15)4-5-16-11/h2-7H,8H2,1H3,(H2,15,16). The van der Waals surface area contributed by atoms with Crippen molar-refractivity contribution in [3.05, 3.63) is 52.8 Å². The molecule has 0 saturated carbocycles. The molecule has 0 unspecified atom stereocenters. The Balaban J connectivity index is 2.07. The van der Waals surface area contributed by atoms with Crippen LogP contribution in [0.15, 0.2) is 36.5 Å². The van der Waals surface area contributed by atoms with Crippen molar-refractivity contribution in [2.24, 2.45) is 0 Å². The summed E-state index contributed by atoms with van der Waals surface area (Å²) in [5.41, 5.74) is 8.21. The zero-order chi connectivity index (χ0) is 12.3. The predicted octanol–water partition coefficient (Wildman–Crippen LogP) is 3.20. The molecule has 0 aliphatic carbocycles. The van der Waals surface area contributed by atoms with Gasteiger partial charge in [-0.15, -0.1) is 0 Å². The van der Waals surface area contributed by atoms with Crippen LogP contribution in [0.4, 0.5) is 5.69 Å². The molecular weight excluding hydrogens is 236 g/mol. The second-order valence-electron chi connectivity index (χ2n) is 3.80. The van der Waals surface area contributed by atoms with Crippen molar-refractivity contribution in [3.8, 4) is 5.75 Å². The average molecular weight is 249 g/mol. The van der Waals surface area contributed by atoms with Crippen LogP contribution in [-0.2, 0) is 6.61 Å². The third-order valence-corrected chi connectivity index (χ3v) is 2.60. The molecule has 0 atom stereocenters.